The molecule has 3 nitrogen and oxygen atoms in total. The maximum atomic E-state index is 11.6. The zero-order valence-electron chi connectivity index (χ0n) is 7.66. The molecule has 0 N–H and O–H groups in total. The first-order chi connectivity index (χ1) is 6.00. The lowest BCUT2D eigenvalue weighted by Gasteiger charge is -2.14. The first-order valence-electron chi connectivity index (χ1n) is 4.25. The van der Waals surface area contributed by atoms with Gasteiger partial charge in [-0.3, -0.25) is 9.59 Å². The second kappa shape index (κ2) is 2.22. The molecule has 0 bridgehead atoms. The van der Waals surface area contributed by atoms with E-state index in [1.807, 2.05) is 13.8 Å². The average Bonchev–Trinajstić information content (AvgIpc) is 2.63. The summed E-state index contributed by atoms with van der Waals surface area (Å²) in [6, 6.07) is 0. The van der Waals surface area contributed by atoms with E-state index in [4.69, 9.17) is 4.74 Å². The van der Waals surface area contributed by atoms with Gasteiger partial charge in [-0.1, -0.05) is 20.4 Å². The SMILES string of the molecule is C=C[C]1OC(=O)C2C(C1=O)C2(C)C. The molecule has 2 unspecified atom stereocenters. The summed E-state index contributed by atoms with van der Waals surface area (Å²) in [6.07, 6.45) is 1.42. The molecular formula is C10H11O3. The van der Waals surface area contributed by atoms with E-state index in [0.717, 1.165) is 0 Å². The Kier molecular flexibility index (Phi) is 1.45. The molecule has 2 fully saturated rings. The zero-order valence-corrected chi connectivity index (χ0v) is 7.66. The van der Waals surface area contributed by atoms with Crippen LogP contribution in [0, 0.1) is 23.4 Å². The Balaban J connectivity index is 2.29. The molecule has 1 radical (unpaired) electrons. The Morgan fingerprint density at radius 1 is 1.38 bits per heavy atom. The maximum absolute atomic E-state index is 11.6. The molecule has 13 heavy (non-hydrogen) atoms. The highest BCUT2D eigenvalue weighted by Crippen LogP contribution is 2.62. The van der Waals surface area contributed by atoms with Crippen LogP contribution in [0.15, 0.2) is 12.7 Å². The van der Waals surface area contributed by atoms with E-state index >= 15 is 0 Å². The van der Waals surface area contributed by atoms with E-state index < -0.39 is 0 Å². The summed E-state index contributed by atoms with van der Waals surface area (Å²) in [5, 5.41) is 0. The van der Waals surface area contributed by atoms with Crippen molar-refractivity contribution in [2.24, 2.45) is 17.3 Å². The van der Waals surface area contributed by atoms with Crippen LogP contribution in [0.4, 0.5) is 0 Å². The first kappa shape index (κ1) is 8.48. The van der Waals surface area contributed by atoms with Gasteiger partial charge in [-0.25, -0.2) is 0 Å². The van der Waals surface area contributed by atoms with Crippen molar-refractivity contribution in [1.29, 1.82) is 0 Å². The van der Waals surface area contributed by atoms with Crippen LogP contribution in [0.3, 0.4) is 0 Å². The topological polar surface area (TPSA) is 43.4 Å². The van der Waals surface area contributed by atoms with Crippen molar-refractivity contribution in [3.05, 3.63) is 18.8 Å². The molecule has 69 valence electrons. The van der Waals surface area contributed by atoms with Crippen molar-refractivity contribution in [3.8, 4) is 0 Å². The molecule has 0 amide bonds. The largest absolute Gasteiger partial charge is 0.441 e. The third-order valence-corrected chi connectivity index (χ3v) is 3.00. The molecule has 2 rings (SSSR count). The molecule has 1 saturated heterocycles. The summed E-state index contributed by atoms with van der Waals surface area (Å²) < 4.78 is 4.85. The molecule has 1 aliphatic heterocycles. The minimum atomic E-state index is -0.287. The fraction of sp³-hybridized carbons (Fsp3) is 0.500. The van der Waals surface area contributed by atoms with Crippen molar-refractivity contribution >= 4 is 11.8 Å². The van der Waals surface area contributed by atoms with Gasteiger partial charge in [-0.15, -0.1) is 0 Å². The summed E-state index contributed by atoms with van der Waals surface area (Å²) in [4.78, 5) is 22.9. The second-order valence-corrected chi connectivity index (χ2v) is 4.13. The van der Waals surface area contributed by atoms with Crippen LogP contribution in [0.5, 0.6) is 0 Å². The highest BCUT2D eigenvalue weighted by molar-refractivity contribution is 6.06. The zero-order chi connectivity index (χ0) is 9.80. The van der Waals surface area contributed by atoms with Crippen molar-refractivity contribution in [2.45, 2.75) is 13.8 Å². The molecule has 2 atom stereocenters. The standard InChI is InChI=1S/C10H11O3/c1-4-5-8(11)6-7(9(12)13-5)10(6,2)3/h4,6-7H,1H2,2-3H3. The summed E-state index contributed by atoms with van der Waals surface area (Å²) in [7, 11) is 0. The molecule has 1 heterocycles. The number of carbonyl (C=O) groups excluding carboxylic acids is 2. The Morgan fingerprint density at radius 3 is 2.54 bits per heavy atom. The van der Waals surface area contributed by atoms with E-state index in [1.165, 1.54) is 6.08 Å². The number of cyclic esters (lactones) is 1. The molecule has 0 aromatic rings. The Morgan fingerprint density at radius 2 is 2.00 bits per heavy atom. The number of Topliss-reactive ketones (excluding diaryl/α,β-unsaturated/α-hetero) is 1. The number of rotatable bonds is 1. The molecule has 0 spiro atoms. The van der Waals surface area contributed by atoms with Gasteiger partial charge >= 0.3 is 5.97 Å². The molecular weight excluding hydrogens is 168 g/mol. The van der Waals surface area contributed by atoms with Crippen molar-refractivity contribution < 1.29 is 14.3 Å². The highest BCUT2D eigenvalue weighted by atomic mass is 16.6. The summed E-state index contributed by atoms with van der Waals surface area (Å²) >= 11 is 0. The number of carbonyl (C=O) groups is 2. The Bertz CT molecular complexity index is 303. The van der Waals surface area contributed by atoms with E-state index in [-0.39, 0.29) is 35.1 Å². The van der Waals surface area contributed by atoms with Crippen molar-refractivity contribution in [1.82, 2.24) is 0 Å². The van der Waals surface area contributed by atoms with Crippen molar-refractivity contribution in [2.75, 3.05) is 0 Å². The number of ether oxygens (including phenoxy) is 1. The quantitative estimate of drug-likeness (QED) is 0.566. The van der Waals surface area contributed by atoms with Gasteiger partial charge in [0.05, 0.1) is 5.92 Å². The van der Waals surface area contributed by atoms with Gasteiger partial charge in [0.1, 0.15) is 0 Å². The number of hydrogen-bond acceptors (Lipinski definition) is 3. The lowest BCUT2D eigenvalue weighted by atomic mass is 10.0. The van der Waals surface area contributed by atoms with Gasteiger partial charge < -0.3 is 4.74 Å². The third kappa shape index (κ3) is 0.900. The number of hydrogen-bond donors (Lipinski definition) is 0. The monoisotopic (exact) mass is 179 g/mol. The summed E-state index contributed by atoms with van der Waals surface area (Å²) in [5.74, 6) is -0.778. The third-order valence-electron chi connectivity index (χ3n) is 3.00. The second-order valence-electron chi connectivity index (χ2n) is 4.13. The summed E-state index contributed by atoms with van der Waals surface area (Å²) in [5.41, 5.74) is -0.223. The van der Waals surface area contributed by atoms with E-state index in [0.29, 0.717) is 0 Å². The molecule has 1 aliphatic carbocycles. The highest BCUT2D eigenvalue weighted by Gasteiger charge is 2.70. The summed E-state index contributed by atoms with van der Waals surface area (Å²) in [6.45, 7) is 7.26. The van der Waals surface area contributed by atoms with Crippen LogP contribution in [0.1, 0.15) is 13.8 Å². The van der Waals surface area contributed by atoms with Crippen LogP contribution in [0.2, 0.25) is 0 Å². The minimum absolute atomic E-state index is 0.0791. The maximum Gasteiger partial charge on any atom is 0.311 e. The van der Waals surface area contributed by atoms with E-state index in [2.05, 4.69) is 6.58 Å². The van der Waals surface area contributed by atoms with Gasteiger partial charge in [0.25, 0.3) is 0 Å². The minimum Gasteiger partial charge on any atom is -0.441 e. The number of fused-ring (bicyclic) bond motifs is 1. The van der Waals surface area contributed by atoms with Crippen LogP contribution in [0.25, 0.3) is 0 Å². The normalized spacial score (nSPS) is 36.5. The predicted molar refractivity (Wildman–Crippen MR) is 45.3 cm³/mol. The van der Waals surface area contributed by atoms with Crippen LogP contribution in [-0.4, -0.2) is 11.8 Å². The molecule has 2 aliphatic rings. The molecule has 0 aromatic carbocycles. The predicted octanol–water partition coefficient (Wildman–Crippen LogP) is 1.10. The van der Waals surface area contributed by atoms with Gasteiger partial charge in [0, 0.05) is 5.92 Å². The van der Waals surface area contributed by atoms with Crippen molar-refractivity contribution in [3.63, 3.8) is 0 Å². The Labute approximate surface area is 76.8 Å². The molecule has 0 aromatic heterocycles. The van der Waals surface area contributed by atoms with Crippen LogP contribution in [-0.2, 0) is 14.3 Å². The average molecular weight is 179 g/mol. The van der Waals surface area contributed by atoms with Gasteiger partial charge in [0.2, 0.25) is 6.10 Å². The number of esters is 1. The van der Waals surface area contributed by atoms with E-state index in [1.54, 1.807) is 0 Å². The van der Waals surface area contributed by atoms with Gasteiger partial charge in [-0.2, -0.15) is 0 Å². The van der Waals surface area contributed by atoms with Crippen LogP contribution >= 0.6 is 0 Å². The van der Waals surface area contributed by atoms with Crippen LogP contribution < -0.4 is 0 Å². The molecule has 1 saturated carbocycles. The fourth-order valence-electron chi connectivity index (χ4n) is 2.08. The van der Waals surface area contributed by atoms with Gasteiger partial charge in [0.15, 0.2) is 5.78 Å². The molecule has 3 heteroatoms. The Hall–Kier alpha value is -1.12. The van der Waals surface area contributed by atoms with E-state index in [9.17, 15) is 9.59 Å². The lowest BCUT2D eigenvalue weighted by molar-refractivity contribution is -0.151. The first-order valence-corrected chi connectivity index (χ1v) is 4.25. The van der Waals surface area contributed by atoms with Gasteiger partial charge in [-0.05, 0) is 11.5 Å². The fourth-order valence-corrected chi connectivity index (χ4v) is 2.08. The lowest BCUT2D eigenvalue weighted by Crippen LogP contribution is -2.27. The smallest absolute Gasteiger partial charge is 0.311 e. The number of ketones is 1.